The van der Waals surface area contributed by atoms with Crippen LogP contribution < -0.4 is 0 Å². The van der Waals surface area contributed by atoms with Gasteiger partial charge in [-0.3, -0.25) is 4.79 Å². The van der Waals surface area contributed by atoms with E-state index in [1.165, 1.54) is 24.3 Å². The second kappa shape index (κ2) is 4.69. The highest BCUT2D eigenvalue weighted by atomic mass is 19.1. The highest BCUT2D eigenvalue weighted by molar-refractivity contribution is 6.09. The Morgan fingerprint density at radius 1 is 0.944 bits per heavy atom. The Morgan fingerprint density at radius 3 is 2.33 bits per heavy atom. The van der Waals surface area contributed by atoms with E-state index in [-0.39, 0.29) is 11.1 Å². The van der Waals surface area contributed by atoms with E-state index in [9.17, 15) is 13.6 Å². The highest BCUT2D eigenvalue weighted by Crippen LogP contribution is 2.17. The number of hydrogen-bond donors (Lipinski definition) is 0. The summed E-state index contributed by atoms with van der Waals surface area (Å²) in [6, 6.07) is 8.45. The van der Waals surface area contributed by atoms with Gasteiger partial charge in [-0.15, -0.1) is 0 Å². The van der Waals surface area contributed by atoms with Crippen LogP contribution in [0.4, 0.5) is 8.78 Å². The molecule has 0 aliphatic rings. The monoisotopic (exact) mass is 246 g/mol. The molecule has 0 amide bonds. The minimum atomic E-state index is -0.591. The summed E-state index contributed by atoms with van der Waals surface area (Å²) in [5.41, 5.74) is 1.37. The standard InChI is InChI=1S/C15H12F2O/c1-9-3-6-13(16)12(7-9)15(18)11-5-4-10(2)14(17)8-11/h3-8H,1-2H3. The van der Waals surface area contributed by atoms with E-state index in [1.54, 1.807) is 19.9 Å². The summed E-state index contributed by atoms with van der Waals surface area (Å²) >= 11 is 0. The molecule has 18 heavy (non-hydrogen) atoms. The predicted octanol–water partition coefficient (Wildman–Crippen LogP) is 3.81. The molecule has 2 aromatic carbocycles. The summed E-state index contributed by atoms with van der Waals surface area (Å²) < 4.78 is 27.0. The molecule has 2 rings (SSSR count). The molecule has 0 heterocycles. The first-order valence-corrected chi connectivity index (χ1v) is 5.56. The van der Waals surface area contributed by atoms with Crippen molar-refractivity contribution in [3.05, 3.63) is 70.3 Å². The summed E-state index contributed by atoms with van der Waals surface area (Å²) in [7, 11) is 0. The van der Waals surface area contributed by atoms with Crippen molar-refractivity contribution in [3.63, 3.8) is 0 Å². The predicted molar refractivity (Wildman–Crippen MR) is 65.7 cm³/mol. The molecule has 0 aromatic heterocycles. The Morgan fingerprint density at radius 2 is 1.67 bits per heavy atom. The van der Waals surface area contributed by atoms with Crippen LogP contribution in [0.3, 0.4) is 0 Å². The number of rotatable bonds is 2. The molecule has 0 atom stereocenters. The lowest BCUT2D eigenvalue weighted by Gasteiger charge is -2.05. The third-order valence-electron chi connectivity index (χ3n) is 2.80. The van der Waals surface area contributed by atoms with Crippen LogP contribution in [0.2, 0.25) is 0 Å². The molecule has 92 valence electrons. The van der Waals surface area contributed by atoms with Crippen molar-refractivity contribution in [2.24, 2.45) is 0 Å². The number of benzene rings is 2. The van der Waals surface area contributed by atoms with Gasteiger partial charge in [0.05, 0.1) is 5.56 Å². The summed E-state index contributed by atoms with van der Waals surface area (Å²) in [6.07, 6.45) is 0. The van der Waals surface area contributed by atoms with Crippen molar-refractivity contribution >= 4 is 5.78 Å². The summed E-state index contributed by atoms with van der Waals surface area (Å²) in [5, 5.41) is 0. The van der Waals surface area contributed by atoms with Gasteiger partial charge < -0.3 is 0 Å². The maximum Gasteiger partial charge on any atom is 0.196 e. The molecule has 0 radical (unpaired) electrons. The zero-order chi connectivity index (χ0) is 13.3. The number of carbonyl (C=O) groups is 1. The van der Waals surface area contributed by atoms with Crippen molar-refractivity contribution in [3.8, 4) is 0 Å². The fourth-order valence-electron chi connectivity index (χ4n) is 1.70. The van der Waals surface area contributed by atoms with Crippen molar-refractivity contribution in [2.75, 3.05) is 0 Å². The van der Waals surface area contributed by atoms with E-state index in [0.29, 0.717) is 5.56 Å². The fourth-order valence-corrected chi connectivity index (χ4v) is 1.70. The van der Waals surface area contributed by atoms with Gasteiger partial charge in [0, 0.05) is 5.56 Å². The van der Waals surface area contributed by atoms with Gasteiger partial charge in [-0.2, -0.15) is 0 Å². The molecule has 0 saturated heterocycles. The quantitative estimate of drug-likeness (QED) is 0.736. The summed E-state index contributed by atoms with van der Waals surface area (Å²) in [4.78, 5) is 12.1. The molecule has 0 bridgehead atoms. The summed E-state index contributed by atoms with van der Waals surface area (Å²) in [5.74, 6) is -1.56. The Balaban J connectivity index is 2.47. The molecular formula is C15H12F2O. The van der Waals surface area contributed by atoms with E-state index < -0.39 is 17.4 Å². The van der Waals surface area contributed by atoms with Gasteiger partial charge in [0.25, 0.3) is 0 Å². The molecule has 2 aromatic rings. The average molecular weight is 246 g/mol. The number of hydrogen-bond acceptors (Lipinski definition) is 1. The molecule has 0 aliphatic heterocycles. The van der Waals surface area contributed by atoms with Crippen molar-refractivity contribution < 1.29 is 13.6 Å². The van der Waals surface area contributed by atoms with Crippen molar-refractivity contribution in [1.29, 1.82) is 0 Å². The Kier molecular flexibility index (Phi) is 3.24. The van der Waals surface area contributed by atoms with Crippen LogP contribution in [-0.2, 0) is 0 Å². The van der Waals surface area contributed by atoms with Crippen LogP contribution in [0.1, 0.15) is 27.0 Å². The van der Waals surface area contributed by atoms with Crippen LogP contribution in [-0.4, -0.2) is 5.78 Å². The lowest BCUT2D eigenvalue weighted by molar-refractivity contribution is 0.103. The molecular weight excluding hydrogens is 234 g/mol. The lowest BCUT2D eigenvalue weighted by Crippen LogP contribution is -2.05. The van der Waals surface area contributed by atoms with E-state index in [1.807, 2.05) is 0 Å². The van der Waals surface area contributed by atoms with E-state index in [0.717, 1.165) is 11.6 Å². The zero-order valence-corrected chi connectivity index (χ0v) is 10.1. The first-order valence-electron chi connectivity index (χ1n) is 5.56. The maximum absolute atomic E-state index is 13.6. The van der Waals surface area contributed by atoms with Crippen LogP contribution in [0.15, 0.2) is 36.4 Å². The molecule has 0 unspecified atom stereocenters. The van der Waals surface area contributed by atoms with E-state index >= 15 is 0 Å². The normalized spacial score (nSPS) is 10.4. The first kappa shape index (κ1) is 12.4. The SMILES string of the molecule is Cc1ccc(F)c(C(=O)c2ccc(C)c(F)c2)c1. The number of ketones is 1. The topological polar surface area (TPSA) is 17.1 Å². The Bertz CT molecular complexity index is 618. The maximum atomic E-state index is 13.6. The molecule has 1 nitrogen and oxygen atoms in total. The van der Waals surface area contributed by atoms with Gasteiger partial charge in [-0.25, -0.2) is 8.78 Å². The van der Waals surface area contributed by atoms with Gasteiger partial charge in [-0.05, 0) is 37.6 Å². The second-order valence-corrected chi connectivity index (χ2v) is 4.28. The smallest absolute Gasteiger partial charge is 0.196 e. The molecule has 0 N–H and O–H groups in total. The lowest BCUT2D eigenvalue weighted by atomic mass is 10.00. The summed E-state index contributed by atoms with van der Waals surface area (Å²) in [6.45, 7) is 3.38. The van der Waals surface area contributed by atoms with Gasteiger partial charge in [0.1, 0.15) is 11.6 Å². The molecule has 0 saturated carbocycles. The number of halogens is 2. The molecule has 0 spiro atoms. The number of carbonyl (C=O) groups excluding carboxylic acids is 1. The average Bonchev–Trinajstić information content (AvgIpc) is 2.35. The van der Waals surface area contributed by atoms with Crippen molar-refractivity contribution in [1.82, 2.24) is 0 Å². The van der Waals surface area contributed by atoms with Crippen LogP contribution in [0.5, 0.6) is 0 Å². The second-order valence-electron chi connectivity index (χ2n) is 4.28. The van der Waals surface area contributed by atoms with Gasteiger partial charge >= 0.3 is 0 Å². The largest absolute Gasteiger partial charge is 0.288 e. The molecule has 0 aliphatic carbocycles. The van der Waals surface area contributed by atoms with E-state index in [4.69, 9.17) is 0 Å². The number of aryl methyl sites for hydroxylation is 2. The molecule has 0 fully saturated rings. The van der Waals surface area contributed by atoms with E-state index in [2.05, 4.69) is 0 Å². The van der Waals surface area contributed by atoms with Gasteiger partial charge in [-0.1, -0.05) is 23.8 Å². The van der Waals surface area contributed by atoms with Gasteiger partial charge in [0.2, 0.25) is 0 Å². The van der Waals surface area contributed by atoms with Crippen LogP contribution >= 0.6 is 0 Å². The van der Waals surface area contributed by atoms with Crippen LogP contribution in [0, 0.1) is 25.5 Å². The molecule has 3 heteroatoms. The zero-order valence-electron chi connectivity index (χ0n) is 10.1. The highest BCUT2D eigenvalue weighted by Gasteiger charge is 2.15. The van der Waals surface area contributed by atoms with Crippen LogP contribution in [0.25, 0.3) is 0 Å². The minimum absolute atomic E-state index is 0.0294. The minimum Gasteiger partial charge on any atom is -0.288 e. The Labute approximate surface area is 104 Å². The third-order valence-corrected chi connectivity index (χ3v) is 2.80. The Hall–Kier alpha value is -2.03. The van der Waals surface area contributed by atoms with Crippen molar-refractivity contribution in [2.45, 2.75) is 13.8 Å². The first-order chi connectivity index (χ1) is 8.49. The fraction of sp³-hybridized carbons (Fsp3) is 0.133. The van der Waals surface area contributed by atoms with Gasteiger partial charge in [0.15, 0.2) is 5.78 Å². The third kappa shape index (κ3) is 2.30.